The maximum atomic E-state index is 10.7. The zero-order valence-corrected chi connectivity index (χ0v) is 9.09. The largest absolute Gasteiger partial charge is 0.493 e. The van der Waals surface area contributed by atoms with Crippen molar-refractivity contribution in [2.75, 3.05) is 13.2 Å². The molecule has 0 atom stereocenters. The van der Waals surface area contributed by atoms with Crippen LogP contribution in [0.15, 0.2) is 28.4 Å². The van der Waals surface area contributed by atoms with Gasteiger partial charge in [0.2, 0.25) is 0 Å². The monoisotopic (exact) mass is 248 g/mol. The van der Waals surface area contributed by atoms with Crippen LogP contribution in [0.4, 0.5) is 5.69 Å². The number of rotatable bonds is 6. The van der Waals surface area contributed by atoms with E-state index in [2.05, 4.69) is 20.1 Å². The first-order chi connectivity index (χ1) is 8.69. The van der Waals surface area contributed by atoms with Gasteiger partial charge in [-0.25, -0.2) is 4.79 Å². The van der Waals surface area contributed by atoms with Gasteiger partial charge in [0.15, 0.2) is 0 Å². The lowest BCUT2D eigenvalue weighted by Crippen LogP contribution is -2.01. The molecule has 0 saturated heterocycles. The first-order valence-corrected chi connectivity index (χ1v) is 4.75. The van der Waals surface area contributed by atoms with Crippen molar-refractivity contribution in [2.24, 2.45) is 10.2 Å². The van der Waals surface area contributed by atoms with Crippen LogP contribution >= 0.6 is 0 Å². The van der Waals surface area contributed by atoms with Crippen LogP contribution < -0.4 is 4.74 Å². The van der Waals surface area contributed by atoms with E-state index in [0.717, 1.165) is 0 Å². The molecule has 1 N–H and O–H groups in total. The molecule has 0 unspecified atom stereocenters. The number of azide groups is 2. The fourth-order valence-corrected chi connectivity index (χ4v) is 1.14. The molecule has 1 aromatic carbocycles. The second kappa shape index (κ2) is 6.64. The van der Waals surface area contributed by atoms with Crippen LogP contribution in [0, 0.1) is 0 Å². The molecule has 0 aliphatic carbocycles. The molecule has 9 heteroatoms. The number of hydrogen-bond donors (Lipinski definition) is 1. The summed E-state index contributed by atoms with van der Waals surface area (Å²) in [7, 11) is 0. The van der Waals surface area contributed by atoms with E-state index in [0.29, 0.717) is 0 Å². The van der Waals surface area contributed by atoms with Crippen molar-refractivity contribution in [2.45, 2.75) is 0 Å². The van der Waals surface area contributed by atoms with Crippen LogP contribution in [0.3, 0.4) is 0 Å². The SMILES string of the molecule is [N-]=[N+]=NCCOc1ccc(C(=O)O)cc1N=[N+]=[N-]. The number of carbonyl (C=O) groups is 1. The zero-order valence-electron chi connectivity index (χ0n) is 9.09. The van der Waals surface area contributed by atoms with Crippen LogP contribution in [-0.4, -0.2) is 24.2 Å². The molecule has 9 nitrogen and oxygen atoms in total. The van der Waals surface area contributed by atoms with Gasteiger partial charge < -0.3 is 9.84 Å². The second-order valence-corrected chi connectivity index (χ2v) is 2.98. The van der Waals surface area contributed by atoms with Crippen molar-refractivity contribution in [3.63, 3.8) is 0 Å². The van der Waals surface area contributed by atoms with Gasteiger partial charge in [-0.2, -0.15) is 0 Å². The number of ether oxygens (including phenoxy) is 1. The normalized spacial score (nSPS) is 8.89. The van der Waals surface area contributed by atoms with Crippen LogP contribution in [0.5, 0.6) is 5.75 Å². The van der Waals surface area contributed by atoms with Gasteiger partial charge in [-0.15, -0.1) is 0 Å². The predicted molar refractivity (Wildman–Crippen MR) is 61.7 cm³/mol. The third kappa shape index (κ3) is 3.60. The fourth-order valence-electron chi connectivity index (χ4n) is 1.14. The van der Waals surface area contributed by atoms with Crippen molar-refractivity contribution < 1.29 is 14.6 Å². The van der Waals surface area contributed by atoms with E-state index in [1.807, 2.05) is 0 Å². The van der Waals surface area contributed by atoms with E-state index >= 15 is 0 Å². The Morgan fingerprint density at radius 1 is 1.39 bits per heavy atom. The molecule has 0 aromatic heterocycles. The molecular formula is C9H8N6O3. The summed E-state index contributed by atoms with van der Waals surface area (Å²) in [5.41, 5.74) is 16.5. The average Bonchev–Trinajstić information content (AvgIpc) is 2.36. The summed E-state index contributed by atoms with van der Waals surface area (Å²) in [6.45, 7) is 0.220. The van der Waals surface area contributed by atoms with E-state index in [4.69, 9.17) is 20.9 Å². The maximum Gasteiger partial charge on any atom is 0.335 e. The zero-order chi connectivity index (χ0) is 13.4. The molecule has 0 spiro atoms. The third-order valence-corrected chi connectivity index (χ3v) is 1.87. The molecule has 0 fully saturated rings. The molecule has 1 rings (SSSR count). The molecule has 0 aliphatic heterocycles. The minimum Gasteiger partial charge on any atom is -0.493 e. The van der Waals surface area contributed by atoms with E-state index in [1.165, 1.54) is 18.2 Å². The number of carboxylic acid groups (broad SMARTS) is 1. The van der Waals surface area contributed by atoms with Crippen LogP contribution in [0.25, 0.3) is 20.9 Å². The Morgan fingerprint density at radius 3 is 2.78 bits per heavy atom. The van der Waals surface area contributed by atoms with Crippen LogP contribution in [0.1, 0.15) is 10.4 Å². The highest BCUT2D eigenvalue weighted by Crippen LogP contribution is 2.28. The van der Waals surface area contributed by atoms with Gasteiger partial charge in [0.05, 0.1) is 24.4 Å². The Bertz CT molecular complexity index is 545. The van der Waals surface area contributed by atoms with Gasteiger partial charge in [-0.1, -0.05) is 10.2 Å². The third-order valence-electron chi connectivity index (χ3n) is 1.87. The van der Waals surface area contributed by atoms with Crippen LogP contribution in [-0.2, 0) is 0 Å². The Hall–Kier alpha value is -2.89. The summed E-state index contributed by atoms with van der Waals surface area (Å²) in [5.74, 6) is -0.907. The number of carboxylic acids is 1. The molecule has 0 heterocycles. The lowest BCUT2D eigenvalue weighted by Gasteiger charge is -2.07. The van der Waals surface area contributed by atoms with Gasteiger partial charge >= 0.3 is 5.97 Å². The number of hydrogen-bond acceptors (Lipinski definition) is 4. The minimum absolute atomic E-state index is 0.0141. The van der Waals surface area contributed by atoms with Gasteiger partial charge in [0, 0.05) is 9.82 Å². The van der Waals surface area contributed by atoms with E-state index in [1.54, 1.807) is 0 Å². The van der Waals surface area contributed by atoms with Crippen molar-refractivity contribution in [3.8, 4) is 5.75 Å². The summed E-state index contributed by atoms with van der Waals surface area (Å²) in [6.07, 6.45) is 0. The molecule has 0 amide bonds. The molecule has 0 bridgehead atoms. The standard InChI is InChI=1S/C9H8N6O3/c10-14-12-3-4-18-8-2-1-6(9(16)17)5-7(8)13-15-11/h1-2,5H,3-4H2,(H,16,17). The van der Waals surface area contributed by atoms with Gasteiger partial charge in [-0.3, -0.25) is 0 Å². The topological polar surface area (TPSA) is 144 Å². The van der Waals surface area contributed by atoms with E-state index in [-0.39, 0.29) is 30.2 Å². The van der Waals surface area contributed by atoms with Crippen molar-refractivity contribution in [3.05, 3.63) is 44.6 Å². The molecule has 1 aromatic rings. The maximum absolute atomic E-state index is 10.7. The molecular weight excluding hydrogens is 240 g/mol. The van der Waals surface area contributed by atoms with Gasteiger partial charge in [0.1, 0.15) is 5.75 Å². The van der Waals surface area contributed by atoms with Crippen molar-refractivity contribution >= 4 is 11.7 Å². The minimum atomic E-state index is -1.13. The van der Waals surface area contributed by atoms with Gasteiger partial charge in [-0.05, 0) is 29.3 Å². The van der Waals surface area contributed by atoms with Crippen LogP contribution in [0.2, 0.25) is 0 Å². The number of nitrogens with zero attached hydrogens (tertiary/aromatic N) is 6. The summed E-state index contributed by atoms with van der Waals surface area (Å²) in [4.78, 5) is 15.9. The smallest absolute Gasteiger partial charge is 0.335 e. The van der Waals surface area contributed by atoms with E-state index in [9.17, 15) is 4.79 Å². The summed E-state index contributed by atoms with van der Waals surface area (Å²) in [6, 6.07) is 3.90. The average molecular weight is 248 g/mol. The fraction of sp³-hybridized carbons (Fsp3) is 0.222. The summed E-state index contributed by atoms with van der Waals surface area (Å²) >= 11 is 0. The first-order valence-electron chi connectivity index (χ1n) is 4.75. The first kappa shape index (κ1) is 13.2. The lowest BCUT2D eigenvalue weighted by molar-refractivity contribution is 0.0697. The Morgan fingerprint density at radius 2 is 2.17 bits per heavy atom. The second-order valence-electron chi connectivity index (χ2n) is 2.98. The molecule has 0 saturated carbocycles. The molecule has 18 heavy (non-hydrogen) atoms. The number of benzene rings is 1. The lowest BCUT2D eigenvalue weighted by atomic mass is 10.2. The highest BCUT2D eigenvalue weighted by Gasteiger charge is 2.08. The molecule has 92 valence electrons. The number of aromatic carboxylic acids is 1. The predicted octanol–water partition coefficient (Wildman–Crippen LogP) is 3.02. The molecule has 0 aliphatic rings. The highest BCUT2D eigenvalue weighted by molar-refractivity contribution is 5.89. The summed E-state index contributed by atoms with van der Waals surface area (Å²) in [5, 5.41) is 15.4. The van der Waals surface area contributed by atoms with E-state index < -0.39 is 5.97 Å². The Labute approximate surface area is 101 Å². The quantitative estimate of drug-likeness (QED) is 0.357. The van der Waals surface area contributed by atoms with Crippen molar-refractivity contribution in [1.29, 1.82) is 0 Å². The van der Waals surface area contributed by atoms with Gasteiger partial charge in [0.25, 0.3) is 0 Å². The van der Waals surface area contributed by atoms with Crippen molar-refractivity contribution in [1.82, 2.24) is 0 Å². The Kier molecular flexibility index (Phi) is 4.86. The molecule has 0 radical (unpaired) electrons. The highest BCUT2D eigenvalue weighted by atomic mass is 16.5. The summed E-state index contributed by atoms with van der Waals surface area (Å²) < 4.78 is 5.20. The Balaban J connectivity index is 2.92.